The number of methoxy groups -OCH3 is 2. The third-order valence-corrected chi connectivity index (χ3v) is 8.27. The van der Waals surface area contributed by atoms with Crippen molar-refractivity contribution in [3.63, 3.8) is 0 Å². The van der Waals surface area contributed by atoms with Crippen molar-refractivity contribution in [3.05, 3.63) is 54.1 Å². The third-order valence-electron chi connectivity index (χ3n) is 6.42. The van der Waals surface area contributed by atoms with Crippen LogP contribution in [0.3, 0.4) is 0 Å². The van der Waals surface area contributed by atoms with Crippen LogP contribution in [0.25, 0.3) is 0 Å². The van der Waals surface area contributed by atoms with E-state index in [-0.39, 0.29) is 16.7 Å². The second kappa shape index (κ2) is 7.63. The van der Waals surface area contributed by atoms with Crippen LogP contribution < -0.4 is 9.47 Å². The van der Waals surface area contributed by atoms with Crippen LogP contribution >= 0.6 is 0 Å². The predicted molar refractivity (Wildman–Crippen MR) is 109 cm³/mol. The zero-order valence-corrected chi connectivity index (χ0v) is 17.6. The van der Waals surface area contributed by atoms with Gasteiger partial charge >= 0.3 is 0 Å². The monoisotopic (exact) mass is 417 g/mol. The summed E-state index contributed by atoms with van der Waals surface area (Å²) in [5.74, 6) is 1.30. The molecule has 0 aromatic heterocycles. The van der Waals surface area contributed by atoms with Crippen LogP contribution in [0.4, 0.5) is 0 Å². The summed E-state index contributed by atoms with van der Waals surface area (Å²) < 4.78 is 38.4. The van der Waals surface area contributed by atoms with Gasteiger partial charge in [-0.3, -0.25) is 0 Å². The van der Waals surface area contributed by atoms with Gasteiger partial charge in [0.2, 0.25) is 10.0 Å². The number of fused-ring (bicyclic) bond motifs is 1. The molecule has 1 N–H and O–H groups in total. The average Bonchev–Trinajstić information content (AvgIpc) is 3.21. The molecule has 0 amide bonds. The summed E-state index contributed by atoms with van der Waals surface area (Å²) in [4.78, 5) is 0.252. The molecular weight excluding hydrogens is 390 g/mol. The van der Waals surface area contributed by atoms with Gasteiger partial charge in [0, 0.05) is 19.0 Å². The summed E-state index contributed by atoms with van der Waals surface area (Å²) in [7, 11) is -0.473. The molecule has 1 aliphatic carbocycles. The van der Waals surface area contributed by atoms with Gasteiger partial charge < -0.3 is 14.6 Å². The van der Waals surface area contributed by atoms with Crippen molar-refractivity contribution in [2.45, 2.75) is 29.8 Å². The molecular formula is C22H27NO5S. The Morgan fingerprint density at radius 3 is 2.45 bits per heavy atom. The van der Waals surface area contributed by atoms with Gasteiger partial charge in [-0.1, -0.05) is 12.1 Å². The third kappa shape index (κ3) is 3.52. The molecule has 1 saturated carbocycles. The number of aliphatic hydroxyl groups is 1. The molecule has 2 aliphatic rings. The molecule has 1 saturated heterocycles. The summed E-state index contributed by atoms with van der Waals surface area (Å²) >= 11 is 0. The highest BCUT2D eigenvalue weighted by Crippen LogP contribution is 2.49. The van der Waals surface area contributed by atoms with E-state index in [1.807, 2.05) is 24.3 Å². The normalized spacial score (nSPS) is 27.4. The van der Waals surface area contributed by atoms with E-state index in [1.54, 1.807) is 38.5 Å². The minimum absolute atomic E-state index is 0.132. The molecule has 2 aromatic carbocycles. The second-order valence-electron chi connectivity index (χ2n) is 7.91. The molecule has 4 rings (SSSR count). The molecule has 7 heteroatoms. The number of rotatable bonds is 5. The molecule has 1 heterocycles. The van der Waals surface area contributed by atoms with E-state index in [9.17, 15) is 13.5 Å². The summed E-state index contributed by atoms with van der Waals surface area (Å²) in [6, 6.07) is 14.0. The first-order valence-electron chi connectivity index (χ1n) is 9.89. The van der Waals surface area contributed by atoms with E-state index in [1.165, 1.54) is 4.31 Å². The molecule has 29 heavy (non-hydrogen) atoms. The lowest BCUT2D eigenvalue weighted by molar-refractivity contribution is -0.0641. The van der Waals surface area contributed by atoms with Gasteiger partial charge in [0.1, 0.15) is 11.5 Å². The molecule has 2 fully saturated rings. The first-order chi connectivity index (χ1) is 13.9. The summed E-state index contributed by atoms with van der Waals surface area (Å²) in [6.45, 7) is 0.748. The molecule has 3 atom stereocenters. The molecule has 2 aromatic rings. The van der Waals surface area contributed by atoms with Crippen LogP contribution in [0, 0.1) is 11.8 Å². The predicted octanol–water partition coefficient (Wildman–Crippen LogP) is 3.01. The molecule has 156 valence electrons. The van der Waals surface area contributed by atoms with E-state index in [4.69, 9.17) is 9.47 Å². The highest BCUT2D eigenvalue weighted by atomic mass is 32.2. The summed E-state index contributed by atoms with van der Waals surface area (Å²) in [5, 5.41) is 11.7. The van der Waals surface area contributed by atoms with Crippen LogP contribution in [-0.2, 0) is 15.6 Å². The van der Waals surface area contributed by atoms with Gasteiger partial charge in [-0.15, -0.1) is 0 Å². The highest BCUT2D eigenvalue weighted by Gasteiger charge is 2.52. The number of hydrogen-bond acceptors (Lipinski definition) is 5. The number of sulfonamides is 1. The molecule has 0 spiro atoms. The van der Waals surface area contributed by atoms with Gasteiger partial charge in [-0.05, 0) is 67.1 Å². The molecule has 0 radical (unpaired) electrons. The van der Waals surface area contributed by atoms with Crippen molar-refractivity contribution in [3.8, 4) is 11.5 Å². The first kappa shape index (κ1) is 20.2. The smallest absolute Gasteiger partial charge is 0.243 e. The lowest BCUT2D eigenvalue weighted by atomic mass is 9.67. The highest BCUT2D eigenvalue weighted by molar-refractivity contribution is 7.89. The van der Waals surface area contributed by atoms with Crippen LogP contribution in [0.1, 0.15) is 24.8 Å². The fourth-order valence-electron chi connectivity index (χ4n) is 4.83. The first-order valence-corrected chi connectivity index (χ1v) is 11.3. The Balaban J connectivity index is 1.63. The van der Waals surface area contributed by atoms with Gasteiger partial charge in [0.15, 0.2) is 0 Å². The zero-order chi connectivity index (χ0) is 20.6. The maximum atomic E-state index is 13.2. The fourth-order valence-corrected chi connectivity index (χ4v) is 6.35. The van der Waals surface area contributed by atoms with Gasteiger partial charge in [-0.25, -0.2) is 8.42 Å². The van der Waals surface area contributed by atoms with Crippen molar-refractivity contribution in [2.24, 2.45) is 11.8 Å². The summed E-state index contributed by atoms with van der Waals surface area (Å²) in [5.41, 5.74) is -0.253. The van der Waals surface area contributed by atoms with Crippen molar-refractivity contribution in [1.82, 2.24) is 4.31 Å². The van der Waals surface area contributed by atoms with Crippen LogP contribution in [0.2, 0.25) is 0 Å². The Bertz CT molecular complexity index is 975. The number of ether oxygens (including phenoxy) is 2. The Labute approximate surface area is 172 Å². The lowest BCUT2D eigenvalue weighted by Gasteiger charge is -2.41. The van der Waals surface area contributed by atoms with E-state index >= 15 is 0 Å². The maximum absolute atomic E-state index is 13.2. The average molecular weight is 418 g/mol. The van der Waals surface area contributed by atoms with Gasteiger partial charge in [0.25, 0.3) is 0 Å². The van der Waals surface area contributed by atoms with Crippen molar-refractivity contribution < 1.29 is 23.0 Å². The zero-order valence-electron chi connectivity index (χ0n) is 16.7. The van der Waals surface area contributed by atoms with Crippen molar-refractivity contribution in [2.75, 3.05) is 27.3 Å². The van der Waals surface area contributed by atoms with Gasteiger partial charge in [-0.2, -0.15) is 4.31 Å². The quantitative estimate of drug-likeness (QED) is 0.809. The van der Waals surface area contributed by atoms with Gasteiger partial charge in [0.05, 0.1) is 24.7 Å². The van der Waals surface area contributed by atoms with E-state index in [2.05, 4.69) is 0 Å². The minimum atomic E-state index is -3.63. The fraction of sp³-hybridized carbons (Fsp3) is 0.455. The van der Waals surface area contributed by atoms with E-state index in [0.717, 1.165) is 18.4 Å². The Hall–Kier alpha value is -2.09. The molecule has 6 nitrogen and oxygen atoms in total. The Kier molecular flexibility index (Phi) is 5.31. The number of hydrogen-bond donors (Lipinski definition) is 1. The van der Waals surface area contributed by atoms with Crippen LogP contribution in [0.5, 0.6) is 11.5 Å². The topological polar surface area (TPSA) is 76.1 Å². The summed E-state index contributed by atoms with van der Waals surface area (Å²) in [6.07, 6.45) is 2.41. The molecule has 1 aliphatic heterocycles. The minimum Gasteiger partial charge on any atom is -0.497 e. The van der Waals surface area contributed by atoms with Crippen LogP contribution in [-0.4, -0.2) is 45.1 Å². The van der Waals surface area contributed by atoms with Crippen molar-refractivity contribution in [1.29, 1.82) is 0 Å². The largest absolute Gasteiger partial charge is 0.497 e. The number of benzene rings is 2. The standard InChI is InChI=1S/C22H27NO5S/c1-27-18-8-10-20(11-9-18)29(25,26)23-14-16-5-4-12-22(24,21(16)15-23)17-6-3-7-19(13-17)28-2/h3,6-11,13,16,21,24H,4-5,12,14-15H2,1-2H3/t16-,21-,22-/m0/s1. The lowest BCUT2D eigenvalue weighted by Crippen LogP contribution is -2.43. The SMILES string of the molecule is COc1ccc(S(=O)(=O)N2C[C@@H]3CCC[C@](O)(c4cccc(OC)c4)[C@H]3C2)cc1. The molecule has 0 bridgehead atoms. The molecule has 0 unspecified atom stereocenters. The maximum Gasteiger partial charge on any atom is 0.243 e. The Morgan fingerprint density at radius 2 is 1.76 bits per heavy atom. The van der Waals surface area contributed by atoms with E-state index in [0.29, 0.717) is 31.0 Å². The van der Waals surface area contributed by atoms with Crippen LogP contribution in [0.15, 0.2) is 53.4 Å². The number of nitrogens with zero attached hydrogens (tertiary/aromatic N) is 1. The second-order valence-corrected chi connectivity index (χ2v) is 9.85. The Morgan fingerprint density at radius 1 is 1.03 bits per heavy atom. The van der Waals surface area contributed by atoms with Crippen molar-refractivity contribution >= 4 is 10.0 Å². The van der Waals surface area contributed by atoms with E-state index < -0.39 is 15.6 Å².